The molecule has 0 bridgehead atoms. The Bertz CT molecular complexity index is 267. The van der Waals surface area contributed by atoms with Gasteiger partial charge in [0.05, 0.1) is 11.5 Å². The van der Waals surface area contributed by atoms with E-state index in [1.165, 1.54) is 12.8 Å². The van der Waals surface area contributed by atoms with Gasteiger partial charge in [0.2, 0.25) is 0 Å². The lowest BCUT2D eigenvalue weighted by Crippen LogP contribution is -2.37. The first-order chi connectivity index (χ1) is 5.55. The van der Waals surface area contributed by atoms with Crippen molar-refractivity contribution in [3.63, 3.8) is 0 Å². The maximum Gasteiger partial charge on any atom is 0.150 e. The second-order valence-electron chi connectivity index (χ2n) is 4.28. The molecule has 2 aliphatic rings. The summed E-state index contributed by atoms with van der Waals surface area (Å²) >= 11 is 3.49. The monoisotopic (exact) mass is 252 g/mol. The summed E-state index contributed by atoms with van der Waals surface area (Å²) < 4.78 is 21.8. The molecule has 1 saturated carbocycles. The minimum Gasteiger partial charge on any atom is -0.229 e. The number of rotatable bonds is 3. The first-order valence-electron chi connectivity index (χ1n) is 4.32. The summed E-state index contributed by atoms with van der Waals surface area (Å²) in [7, 11) is -2.60. The molecule has 1 heterocycles. The predicted molar refractivity (Wildman–Crippen MR) is 52.2 cm³/mol. The number of hydrogen-bond acceptors (Lipinski definition) is 2. The summed E-state index contributed by atoms with van der Waals surface area (Å²) in [6, 6.07) is 0. The smallest absolute Gasteiger partial charge is 0.150 e. The zero-order valence-electron chi connectivity index (χ0n) is 6.92. The van der Waals surface area contributed by atoms with Crippen molar-refractivity contribution in [1.29, 1.82) is 0 Å². The number of sulfone groups is 1. The van der Waals surface area contributed by atoms with E-state index < -0.39 is 9.84 Å². The van der Waals surface area contributed by atoms with E-state index in [2.05, 4.69) is 15.9 Å². The first kappa shape index (κ1) is 9.00. The largest absolute Gasteiger partial charge is 0.229 e. The topological polar surface area (TPSA) is 34.1 Å². The predicted octanol–water partition coefficient (Wildman–Crippen LogP) is 1.60. The van der Waals surface area contributed by atoms with Gasteiger partial charge in [-0.05, 0) is 30.6 Å². The summed E-state index contributed by atoms with van der Waals surface area (Å²) in [5.74, 6) is 1.36. The molecule has 4 heteroatoms. The lowest BCUT2D eigenvalue weighted by atomic mass is 9.96. The quantitative estimate of drug-likeness (QED) is 0.716. The lowest BCUT2D eigenvalue weighted by Gasteiger charge is -2.28. The average molecular weight is 253 g/mol. The normalized spacial score (nSPS) is 31.1. The van der Waals surface area contributed by atoms with Gasteiger partial charge in [0.1, 0.15) is 0 Å². The molecule has 2 rings (SSSR count). The van der Waals surface area contributed by atoms with Gasteiger partial charge in [-0.3, -0.25) is 0 Å². The van der Waals surface area contributed by atoms with Crippen molar-refractivity contribution in [2.24, 2.45) is 11.3 Å². The third-order valence-corrected chi connectivity index (χ3v) is 6.09. The highest BCUT2D eigenvalue weighted by atomic mass is 79.9. The summed E-state index contributed by atoms with van der Waals surface area (Å²) in [4.78, 5) is 0. The summed E-state index contributed by atoms with van der Waals surface area (Å²) in [5.41, 5.74) is 0.487. The van der Waals surface area contributed by atoms with Crippen LogP contribution in [0.15, 0.2) is 0 Å². The van der Waals surface area contributed by atoms with E-state index in [9.17, 15) is 8.42 Å². The number of alkyl halides is 1. The Labute approximate surface area is 81.8 Å². The molecule has 2 fully saturated rings. The molecule has 70 valence electrons. The Morgan fingerprint density at radius 3 is 2.25 bits per heavy atom. The standard InChI is InChI=1S/C8H13BrO2S/c9-6-8(1-2-8)3-7-4-12(10,11)5-7/h7H,1-6H2. The van der Waals surface area contributed by atoms with Crippen molar-refractivity contribution >= 4 is 25.8 Å². The molecule has 12 heavy (non-hydrogen) atoms. The van der Waals surface area contributed by atoms with Crippen LogP contribution in [0.1, 0.15) is 19.3 Å². The molecule has 2 nitrogen and oxygen atoms in total. The molecule has 0 radical (unpaired) electrons. The fourth-order valence-electron chi connectivity index (χ4n) is 1.97. The molecular formula is C8H13BrO2S. The van der Waals surface area contributed by atoms with E-state index in [-0.39, 0.29) is 0 Å². The highest BCUT2D eigenvalue weighted by molar-refractivity contribution is 9.09. The average Bonchev–Trinajstić information content (AvgIpc) is 2.66. The molecule has 0 spiro atoms. The Morgan fingerprint density at radius 1 is 1.33 bits per heavy atom. The number of halogens is 1. The van der Waals surface area contributed by atoms with Crippen LogP contribution < -0.4 is 0 Å². The molecule has 0 atom stereocenters. The van der Waals surface area contributed by atoms with Gasteiger partial charge in [-0.15, -0.1) is 0 Å². The highest BCUT2D eigenvalue weighted by Crippen LogP contribution is 2.53. The molecule has 0 N–H and O–H groups in total. The van der Waals surface area contributed by atoms with Gasteiger partial charge in [-0.25, -0.2) is 8.42 Å². The fourth-order valence-corrected chi connectivity index (χ4v) is 4.33. The molecule has 0 aromatic heterocycles. The molecule has 1 saturated heterocycles. The van der Waals surface area contributed by atoms with Crippen LogP contribution in [0.2, 0.25) is 0 Å². The van der Waals surface area contributed by atoms with Gasteiger partial charge in [0.15, 0.2) is 9.84 Å². The van der Waals surface area contributed by atoms with E-state index in [1.807, 2.05) is 0 Å². The molecular weight excluding hydrogens is 240 g/mol. The minimum absolute atomic E-state index is 0.446. The van der Waals surface area contributed by atoms with E-state index >= 15 is 0 Å². The Hall–Kier alpha value is 0.430. The summed E-state index contributed by atoms with van der Waals surface area (Å²) in [5, 5.41) is 1.05. The first-order valence-corrected chi connectivity index (χ1v) is 7.26. The molecule has 1 aliphatic carbocycles. The zero-order chi connectivity index (χ0) is 8.82. The van der Waals surface area contributed by atoms with Crippen molar-refractivity contribution in [1.82, 2.24) is 0 Å². The van der Waals surface area contributed by atoms with Crippen LogP contribution in [0, 0.1) is 11.3 Å². The maximum absolute atomic E-state index is 10.9. The van der Waals surface area contributed by atoms with Crippen molar-refractivity contribution < 1.29 is 8.42 Å². The van der Waals surface area contributed by atoms with Gasteiger partial charge in [-0.2, -0.15) is 0 Å². The third kappa shape index (κ3) is 1.69. The second kappa shape index (κ2) is 2.71. The Kier molecular flexibility index (Phi) is 2.03. The van der Waals surface area contributed by atoms with Gasteiger partial charge in [0, 0.05) is 5.33 Å². The van der Waals surface area contributed by atoms with Crippen molar-refractivity contribution in [3.8, 4) is 0 Å². The van der Waals surface area contributed by atoms with Gasteiger partial charge >= 0.3 is 0 Å². The Morgan fingerprint density at radius 2 is 1.92 bits per heavy atom. The fraction of sp³-hybridized carbons (Fsp3) is 1.00. The van der Waals surface area contributed by atoms with Crippen LogP contribution in [-0.4, -0.2) is 25.3 Å². The van der Waals surface area contributed by atoms with Crippen molar-refractivity contribution in [3.05, 3.63) is 0 Å². The van der Waals surface area contributed by atoms with Crippen LogP contribution in [-0.2, 0) is 9.84 Å². The van der Waals surface area contributed by atoms with Crippen LogP contribution in [0.25, 0.3) is 0 Å². The number of hydrogen-bond donors (Lipinski definition) is 0. The van der Waals surface area contributed by atoms with Crippen molar-refractivity contribution in [2.45, 2.75) is 19.3 Å². The van der Waals surface area contributed by atoms with Crippen LogP contribution in [0.3, 0.4) is 0 Å². The van der Waals surface area contributed by atoms with Crippen LogP contribution in [0.4, 0.5) is 0 Å². The molecule has 0 aromatic rings. The third-order valence-electron chi connectivity index (χ3n) is 2.94. The molecule has 1 aliphatic heterocycles. The minimum atomic E-state index is -2.60. The van der Waals surface area contributed by atoms with Crippen molar-refractivity contribution in [2.75, 3.05) is 16.8 Å². The lowest BCUT2D eigenvalue weighted by molar-refractivity contribution is 0.405. The SMILES string of the molecule is O=S1(=O)CC(CC2(CBr)CC2)C1. The van der Waals surface area contributed by atoms with Gasteiger partial charge in [0.25, 0.3) is 0 Å². The summed E-state index contributed by atoms with van der Waals surface area (Å²) in [6.07, 6.45) is 3.70. The van der Waals surface area contributed by atoms with Crippen LogP contribution in [0.5, 0.6) is 0 Å². The molecule has 0 unspecified atom stereocenters. The molecule has 0 amide bonds. The Balaban J connectivity index is 1.84. The van der Waals surface area contributed by atoms with E-state index in [4.69, 9.17) is 0 Å². The highest BCUT2D eigenvalue weighted by Gasteiger charge is 2.46. The van der Waals surface area contributed by atoms with Gasteiger partial charge in [-0.1, -0.05) is 15.9 Å². The van der Waals surface area contributed by atoms with E-state index in [0.29, 0.717) is 22.8 Å². The van der Waals surface area contributed by atoms with E-state index in [1.54, 1.807) is 0 Å². The molecule has 0 aromatic carbocycles. The van der Waals surface area contributed by atoms with Crippen LogP contribution >= 0.6 is 15.9 Å². The second-order valence-corrected chi connectivity index (χ2v) is 7.00. The maximum atomic E-state index is 10.9. The zero-order valence-corrected chi connectivity index (χ0v) is 9.33. The van der Waals surface area contributed by atoms with Gasteiger partial charge < -0.3 is 0 Å². The van der Waals surface area contributed by atoms with E-state index in [0.717, 1.165) is 11.8 Å². The summed E-state index contributed by atoms with van der Waals surface area (Å²) in [6.45, 7) is 0.